The molecule has 1 aromatic carbocycles. The van der Waals surface area contributed by atoms with Gasteiger partial charge in [-0.25, -0.2) is 18.2 Å². The Hall–Kier alpha value is -2.44. The van der Waals surface area contributed by atoms with Gasteiger partial charge >= 0.3 is 0 Å². The first-order valence-corrected chi connectivity index (χ1v) is 5.69. The van der Waals surface area contributed by atoms with Gasteiger partial charge in [-0.05, 0) is 12.1 Å². The topological polar surface area (TPSA) is 46.2 Å². The lowest BCUT2D eigenvalue weighted by Gasteiger charge is -2.11. The highest BCUT2D eigenvalue weighted by molar-refractivity contribution is 5.61. The van der Waals surface area contributed by atoms with Crippen molar-refractivity contribution >= 4 is 17.3 Å². The molecule has 0 bridgehead atoms. The normalized spacial score (nSPS) is 10.2. The Morgan fingerprint density at radius 2 is 1.70 bits per heavy atom. The van der Waals surface area contributed by atoms with Crippen LogP contribution in [0.2, 0.25) is 0 Å². The summed E-state index contributed by atoms with van der Waals surface area (Å²) in [7, 11) is 2.87. The average Bonchev–Trinajstić information content (AvgIpc) is 2.44. The smallest absolute Gasteiger partial charge is 0.169 e. The van der Waals surface area contributed by atoms with Crippen LogP contribution >= 0.6 is 0 Å². The van der Waals surface area contributed by atoms with Crippen LogP contribution in [0.4, 0.5) is 30.5 Å². The summed E-state index contributed by atoms with van der Waals surface area (Å²) >= 11 is 0. The van der Waals surface area contributed by atoms with Crippen LogP contribution in [0.5, 0.6) is 5.75 Å². The maximum absolute atomic E-state index is 13.6. The van der Waals surface area contributed by atoms with E-state index in [4.69, 9.17) is 4.74 Å². The lowest BCUT2D eigenvalue weighted by Crippen LogP contribution is -2.04. The Balaban J connectivity index is 2.39. The van der Waals surface area contributed by atoms with E-state index in [1.54, 1.807) is 0 Å². The molecule has 2 rings (SSSR count). The molecule has 0 aliphatic carbocycles. The van der Waals surface area contributed by atoms with Gasteiger partial charge in [0.25, 0.3) is 0 Å². The minimum Gasteiger partial charge on any atom is -0.497 e. The van der Waals surface area contributed by atoms with Gasteiger partial charge in [0.15, 0.2) is 23.3 Å². The Morgan fingerprint density at radius 3 is 2.35 bits per heavy atom. The lowest BCUT2D eigenvalue weighted by molar-refractivity contribution is 0.414. The summed E-state index contributed by atoms with van der Waals surface area (Å²) in [6.45, 7) is 0. The third-order valence-electron chi connectivity index (χ3n) is 2.59. The highest BCUT2D eigenvalue weighted by Gasteiger charge is 2.13. The molecule has 20 heavy (non-hydrogen) atoms. The van der Waals surface area contributed by atoms with Crippen LogP contribution in [0.15, 0.2) is 24.3 Å². The highest BCUT2D eigenvalue weighted by Crippen LogP contribution is 2.26. The third-order valence-corrected chi connectivity index (χ3v) is 2.59. The number of hydrogen-bond donors (Lipinski definition) is 2. The maximum atomic E-state index is 13.6. The van der Waals surface area contributed by atoms with Crippen molar-refractivity contribution in [1.82, 2.24) is 4.98 Å². The Labute approximate surface area is 113 Å². The summed E-state index contributed by atoms with van der Waals surface area (Å²) in [6, 6.07) is 4.60. The number of ether oxygens (including phenoxy) is 1. The van der Waals surface area contributed by atoms with Crippen LogP contribution in [-0.4, -0.2) is 19.1 Å². The van der Waals surface area contributed by atoms with E-state index < -0.39 is 17.5 Å². The number of nitrogens with one attached hydrogen (secondary N) is 2. The second kappa shape index (κ2) is 5.68. The number of anilines is 3. The van der Waals surface area contributed by atoms with Crippen LogP contribution < -0.4 is 15.4 Å². The summed E-state index contributed by atoms with van der Waals surface area (Å²) in [5.41, 5.74) is -0.0237. The molecule has 4 nitrogen and oxygen atoms in total. The van der Waals surface area contributed by atoms with E-state index in [-0.39, 0.29) is 17.3 Å². The van der Waals surface area contributed by atoms with Crippen LogP contribution in [0.1, 0.15) is 0 Å². The van der Waals surface area contributed by atoms with E-state index in [0.717, 1.165) is 0 Å². The molecule has 0 saturated carbocycles. The fraction of sp³-hybridized carbons (Fsp3) is 0.154. The van der Waals surface area contributed by atoms with Gasteiger partial charge < -0.3 is 15.4 Å². The molecule has 2 aromatic rings. The van der Waals surface area contributed by atoms with Gasteiger partial charge in [-0.2, -0.15) is 0 Å². The van der Waals surface area contributed by atoms with Gasteiger partial charge in [-0.15, -0.1) is 0 Å². The molecule has 0 amide bonds. The van der Waals surface area contributed by atoms with Gasteiger partial charge in [-0.3, -0.25) is 0 Å². The van der Waals surface area contributed by atoms with E-state index in [9.17, 15) is 13.2 Å². The summed E-state index contributed by atoms with van der Waals surface area (Å²) in [5.74, 6) is -2.40. The number of benzene rings is 1. The van der Waals surface area contributed by atoms with Gasteiger partial charge in [0.1, 0.15) is 11.6 Å². The number of methoxy groups -OCH3 is 1. The van der Waals surface area contributed by atoms with Crippen molar-refractivity contribution in [3.05, 3.63) is 41.7 Å². The number of rotatable bonds is 4. The Morgan fingerprint density at radius 1 is 1.00 bits per heavy atom. The van der Waals surface area contributed by atoms with E-state index in [1.165, 1.54) is 32.4 Å². The minimum atomic E-state index is -0.927. The number of halogens is 3. The first kappa shape index (κ1) is 14.0. The van der Waals surface area contributed by atoms with Gasteiger partial charge in [0.2, 0.25) is 0 Å². The molecule has 0 saturated heterocycles. The predicted octanol–water partition coefficient (Wildman–Crippen LogP) is 3.29. The summed E-state index contributed by atoms with van der Waals surface area (Å²) in [5, 5.41) is 4.94. The number of hydrogen-bond acceptors (Lipinski definition) is 4. The molecular formula is C13H12F3N3O. The van der Waals surface area contributed by atoms with Crippen LogP contribution in [0, 0.1) is 17.5 Å². The van der Waals surface area contributed by atoms with E-state index in [1.807, 2.05) is 0 Å². The fourth-order valence-electron chi connectivity index (χ4n) is 1.58. The van der Waals surface area contributed by atoms with Gasteiger partial charge in [-0.1, -0.05) is 0 Å². The maximum Gasteiger partial charge on any atom is 0.169 e. The molecule has 0 atom stereocenters. The molecule has 0 radical (unpaired) electrons. The zero-order chi connectivity index (χ0) is 14.7. The van der Waals surface area contributed by atoms with Crippen LogP contribution in [0.3, 0.4) is 0 Å². The van der Waals surface area contributed by atoms with Crippen molar-refractivity contribution in [1.29, 1.82) is 0 Å². The first-order chi connectivity index (χ1) is 9.55. The Bertz CT molecular complexity index is 634. The summed E-state index contributed by atoms with van der Waals surface area (Å²) in [6.07, 6.45) is 0. The molecular weight excluding hydrogens is 271 g/mol. The lowest BCUT2D eigenvalue weighted by atomic mass is 10.2. The molecule has 1 aromatic heterocycles. The first-order valence-electron chi connectivity index (χ1n) is 5.69. The van der Waals surface area contributed by atoms with Crippen LogP contribution in [-0.2, 0) is 0 Å². The summed E-state index contributed by atoms with van der Waals surface area (Å²) in [4.78, 5) is 3.70. The average molecular weight is 283 g/mol. The number of pyridine rings is 1. The number of aromatic nitrogens is 1. The second-order valence-corrected chi connectivity index (χ2v) is 3.87. The second-order valence-electron chi connectivity index (χ2n) is 3.87. The molecule has 0 aliphatic heterocycles. The van der Waals surface area contributed by atoms with Crippen molar-refractivity contribution in [2.24, 2.45) is 0 Å². The fourth-order valence-corrected chi connectivity index (χ4v) is 1.58. The van der Waals surface area contributed by atoms with E-state index >= 15 is 0 Å². The molecule has 0 fully saturated rings. The standard InChI is InChI=1S/C13H12F3N3O/c1-17-12-9(15)6-10(16)13(19-12)18-11-5-7(20-2)3-4-8(11)14/h3-6H,1-2H3,(H2,17,18,19). The minimum absolute atomic E-state index is 0.0237. The van der Waals surface area contributed by atoms with Gasteiger partial charge in [0.05, 0.1) is 12.8 Å². The van der Waals surface area contributed by atoms with Crippen molar-refractivity contribution in [3.63, 3.8) is 0 Å². The quantitative estimate of drug-likeness (QED) is 0.904. The van der Waals surface area contributed by atoms with Crippen molar-refractivity contribution < 1.29 is 17.9 Å². The molecule has 0 spiro atoms. The zero-order valence-electron chi connectivity index (χ0n) is 10.8. The molecule has 1 heterocycles. The third kappa shape index (κ3) is 2.76. The largest absolute Gasteiger partial charge is 0.497 e. The van der Waals surface area contributed by atoms with Crippen molar-refractivity contribution in [3.8, 4) is 5.75 Å². The molecule has 106 valence electrons. The highest BCUT2D eigenvalue weighted by atomic mass is 19.1. The molecule has 0 aliphatic rings. The number of nitrogens with zero attached hydrogens (tertiary/aromatic N) is 1. The summed E-state index contributed by atoms with van der Waals surface area (Å²) < 4.78 is 45.5. The monoisotopic (exact) mass is 283 g/mol. The van der Waals surface area contributed by atoms with Crippen LogP contribution in [0.25, 0.3) is 0 Å². The molecule has 7 heteroatoms. The predicted molar refractivity (Wildman–Crippen MR) is 69.9 cm³/mol. The Kier molecular flexibility index (Phi) is 3.97. The van der Waals surface area contributed by atoms with Crippen molar-refractivity contribution in [2.45, 2.75) is 0 Å². The van der Waals surface area contributed by atoms with E-state index in [2.05, 4.69) is 15.6 Å². The molecule has 2 N–H and O–H groups in total. The SMILES string of the molecule is CNc1nc(Nc2cc(OC)ccc2F)c(F)cc1F. The van der Waals surface area contributed by atoms with Gasteiger partial charge in [0, 0.05) is 19.2 Å². The molecule has 0 unspecified atom stereocenters. The zero-order valence-corrected chi connectivity index (χ0v) is 10.8. The van der Waals surface area contributed by atoms with Crippen molar-refractivity contribution in [2.75, 3.05) is 24.8 Å². The van der Waals surface area contributed by atoms with E-state index in [0.29, 0.717) is 11.8 Å².